The number of ether oxygens (including phenoxy) is 2. The van der Waals surface area contributed by atoms with Crippen molar-refractivity contribution < 1.29 is 14.3 Å². The van der Waals surface area contributed by atoms with E-state index in [4.69, 9.17) is 15.2 Å². The van der Waals surface area contributed by atoms with Gasteiger partial charge >= 0.3 is 5.97 Å². The molecule has 0 aliphatic heterocycles. The van der Waals surface area contributed by atoms with Crippen molar-refractivity contribution in [3.63, 3.8) is 0 Å². The average molecular weight is 297 g/mol. The van der Waals surface area contributed by atoms with E-state index in [0.29, 0.717) is 6.54 Å². The summed E-state index contributed by atoms with van der Waals surface area (Å²) in [6, 6.07) is 7.72. The highest BCUT2D eigenvalue weighted by Gasteiger charge is 2.20. The lowest BCUT2D eigenvalue weighted by molar-refractivity contribution is -0.151. The fourth-order valence-electron chi connectivity index (χ4n) is 1.76. The number of esters is 1. The van der Waals surface area contributed by atoms with E-state index in [1.54, 1.807) is 7.11 Å². The van der Waals surface area contributed by atoms with Crippen LogP contribution in [0.1, 0.15) is 31.6 Å². The second kappa shape index (κ2) is 7.55. The minimum absolute atomic E-state index is 0.0127. The molecule has 1 aromatic carbocycles. The summed E-state index contributed by atoms with van der Waals surface area (Å²) in [5.74, 6) is 0.840. The predicted molar refractivity (Wildman–Crippen MR) is 83.1 cm³/mol. The Kier molecular flexibility index (Phi) is 6.36. The number of benzene rings is 1. The number of carbonyl (C=O) groups excluding carboxylic acids is 1. The van der Waals surface area contributed by atoms with E-state index >= 15 is 0 Å². The number of thioether (sulfide) groups is 1. The molecule has 2 N–H and O–H groups in total. The van der Waals surface area contributed by atoms with Crippen LogP contribution in [0.4, 0.5) is 0 Å². The summed E-state index contributed by atoms with van der Waals surface area (Å²) < 4.78 is 10.6. The zero-order valence-electron chi connectivity index (χ0n) is 12.5. The highest BCUT2D eigenvalue weighted by Crippen LogP contribution is 2.34. The molecule has 0 radical (unpaired) electrons. The van der Waals surface area contributed by atoms with E-state index in [0.717, 1.165) is 11.3 Å². The van der Waals surface area contributed by atoms with Crippen molar-refractivity contribution in [3.8, 4) is 5.75 Å². The van der Waals surface area contributed by atoms with Crippen LogP contribution in [0, 0.1) is 0 Å². The second-order valence-corrected chi connectivity index (χ2v) is 6.55. The van der Waals surface area contributed by atoms with Crippen LogP contribution in [0.25, 0.3) is 0 Å². The summed E-state index contributed by atoms with van der Waals surface area (Å²) in [5, 5.41) is 0.0127. The van der Waals surface area contributed by atoms with Crippen molar-refractivity contribution in [1.29, 1.82) is 0 Å². The number of rotatable bonds is 6. The van der Waals surface area contributed by atoms with Crippen LogP contribution >= 0.6 is 11.8 Å². The summed E-state index contributed by atoms with van der Waals surface area (Å²) >= 11 is 1.47. The Morgan fingerprint density at radius 2 is 2.00 bits per heavy atom. The topological polar surface area (TPSA) is 61.5 Å². The third kappa shape index (κ3) is 5.43. The summed E-state index contributed by atoms with van der Waals surface area (Å²) in [5.41, 5.74) is 6.36. The highest BCUT2D eigenvalue weighted by molar-refractivity contribution is 8.00. The molecular weight excluding hydrogens is 274 g/mol. The standard InChI is InChI=1S/C15H23NO3S/c1-15(2,3)19-14(17)10-20-13(9-16)11-7-5-6-8-12(11)18-4/h5-8,13H,9-10,16H2,1-4H3. The Morgan fingerprint density at radius 3 is 2.55 bits per heavy atom. The molecule has 1 atom stereocenters. The van der Waals surface area contributed by atoms with Crippen LogP contribution in [0.2, 0.25) is 0 Å². The summed E-state index contributed by atoms with van der Waals surface area (Å²) in [7, 11) is 1.63. The van der Waals surface area contributed by atoms with Gasteiger partial charge in [0.25, 0.3) is 0 Å². The van der Waals surface area contributed by atoms with Gasteiger partial charge in [-0.05, 0) is 26.8 Å². The quantitative estimate of drug-likeness (QED) is 0.818. The zero-order valence-corrected chi connectivity index (χ0v) is 13.3. The van der Waals surface area contributed by atoms with Crippen LogP contribution in [0.3, 0.4) is 0 Å². The van der Waals surface area contributed by atoms with Crippen LogP contribution in [0.5, 0.6) is 5.75 Å². The smallest absolute Gasteiger partial charge is 0.316 e. The van der Waals surface area contributed by atoms with Crippen molar-refractivity contribution in [3.05, 3.63) is 29.8 Å². The molecule has 1 rings (SSSR count). The minimum atomic E-state index is -0.458. The van der Waals surface area contributed by atoms with Gasteiger partial charge in [0.1, 0.15) is 11.4 Å². The van der Waals surface area contributed by atoms with Crippen LogP contribution in [-0.4, -0.2) is 31.0 Å². The van der Waals surface area contributed by atoms with Crippen molar-refractivity contribution >= 4 is 17.7 Å². The molecule has 0 saturated heterocycles. The number of carbonyl (C=O) groups is 1. The molecule has 0 aliphatic rings. The van der Waals surface area contributed by atoms with E-state index in [9.17, 15) is 4.79 Å². The van der Waals surface area contributed by atoms with Gasteiger partial charge in [0, 0.05) is 17.4 Å². The molecule has 0 aliphatic carbocycles. The minimum Gasteiger partial charge on any atom is -0.496 e. The van der Waals surface area contributed by atoms with Gasteiger partial charge in [0.2, 0.25) is 0 Å². The summed E-state index contributed by atoms with van der Waals surface area (Å²) in [4.78, 5) is 11.7. The van der Waals surface area contributed by atoms with Crippen LogP contribution in [0.15, 0.2) is 24.3 Å². The van der Waals surface area contributed by atoms with Crippen molar-refractivity contribution in [2.45, 2.75) is 31.6 Å². The van der Waals surface area contributed by atoms with Crippen molar-refractivity contribution in [2.24, 2.45) is 5.73 Å². The first-order valence-corrected chi connectivity index (χ1v) is 7.58. The third-order valence-electron chi connectivity index (χ3n) is 2.52. The summed E-state index contributed by atoms with van der Waals surface area (Å²) in [6.07, 6.45) is 0. The fourth-order valence-corrected chi connectivity index (χ4v) is 2.66. The molecule has 0 heterocycles. The van der Waals surface area contributed by atoms with Gasteiger partial charge in [-0.1, -0.05) is 18.2 Å². The van der Waals surface area contributed by atoms with Gasteiger partial charge in [-0.25, -0.2) is 0 Å². The maximum Gasteiger partial charge on any atom is 0.316 e. The molecule has 0 saturated carbocycles. The molecule has 112 valence electrons. The van der Waals surface area contributed by atoms with Gasteiger partial charge in [0.15, 0.2) is 0 Å². The lowest BCUT2D eigenvalue weighted by Gasteiger charge is -2.21. The Balaban J connectivity index is 2.66. The molecule has 0 bridgehead atoms. The number of hydrogen-bond donors (Lipinski definition) is 1. The van der Waals surface area contributed by atoms with Crippen molar-refractivity contribution in [1.82, 2.24) is 0 Å². The Labute approximate surface area is 125 Å². The average Bonchev–Trinajstić information content (AvgIpc) is 2.38. The Morgan fingerprint density at radius 1 is 1.35 bits per heavy atom. The lowest BCUT2D eigenvalue weighted by Crippen LogP contribution is -2.25. The van der Waals surface area contributed by atoms with E-state index < -0.39 is 5.60 Å². The number of nitrogens with two attached hydrogens (primary N) is 1. The molecule has 1 unspecified atom stereocenters. The van der Waals surface area contributed by atoms with Gasteiger partial charge < -0.3 is 15.2 Å². The van der Waals surface area contributed by atoms with Crippen molar-refractivity contribution in [2.75, 3.05) is 19.4 Å². The maximum absolute atomic E-state index is 11.7. The van der Waals surface area contributed by atoms with E-state index in [1.807, 2.05) is 45.0 Å². The predicted octanol–water partition coefficient (Wildman–Crippen LogP) is 2.77. The molecule has 0 fully saturated rings. The van der Waals surface area contributed by atoms with Gasteiger partial charge in [-0.2, -0.15) is 0 Å². The molecule has 5 heteroatoms. The number of methoxy groups -OCH3 is 1. The van der Waals surface area contributed by atoms with Crippen LogP contribution in [-0.2, 0) is 9.53 Å². The Hall–Kier alpha value is -1.20. The highest BCUT2D eigenvalue weighted by atomic mass is 32.2. The fraction of sp³-hybridized carbons (Fsp3) is 0.533. The molecule has 0 aromatic heterocycles. The van der Waals surface area contributed by atoms with E-state index in [-0.39, 0.29) is 17.0 Å². The van der Waals surface area contributed by atoms with Gasteiger partial charge in [0.05, 0.1) is 12.9 Å². The molecule has 20 heavy (non-hydrogen) atoms. The maximum atomic E-state index is 11.7. The SMILES string of the molecule is COc1ccccc1C(CN)SCC(=O)OC(C)(C)C. The second-order valence-electron chi connectivity index (χ2n) is 5.36. The van der Waals surface area contributed by atoms with Crippen LogP contribution < -0.4 is 10.5 Å². The molecule has 0 amide bonds. The number of hydrogen-bond acceptors (Lipinski definition) is 5. The van der Waals surface area contributed by atoms with Gasteiger partial charge in [-0.15, -0.1) is 11.8 Å². The number of para-hydroxylation sites is 1. The Bertz CT molecular complexity index is 443. The first-order valence-electron chi connectivity index (χ1n) is 6.54. The molecule has 0 spiro atoms. The van der Waals surface area contributed by atoms with Gasteiger partial charge in [-0.3, -0.25) is 4.79 Å². The monoisotopic (exact) mass is 297 g/mol. The zero-order chi connectivity index (χ0) is 15.2. The largest absolute Gasteiger partial charge is 0.496 e. The van der Waals surface area contributed by atoms with E-state index in [1.165, 1.54) is 11.8 Å². The molecule has 4 nitrogen and oxygen atoms in total. The summed E-state index contributed by atoms with van der Waals surface area (Å²) in [6.45, 7) is 6.01. The lowest BCUT2D eigenvalue weighted by atomic mass is 10.1. The molecule has 1 aromatic rings. The third-order valence-corrected chi connectivity index (χ3v) is 3.77. The first-order chi connectivity index (χ1) is 9.37. The normalized spacial score (nSPS) is 12.8. The molecular formula is C15H23NO3S. The van der Waals surface area contributed by atoms with E-state index in [2.05, 4.69) is 0 Å². The first kappa shape index (κ1) is 16.9.